The van der Waals surface area contributed by atoms with Gasteiger partial charge in [-0.2, -0.15) is 0 Å². The van der Waals surface area contributed by atoms with Gasteiger partial charge in [-0.3, -0.25) is 9.59 Å². The summed E-state index contributed by atoms with van der Waals surface area (Å²) in [6.45, 7) is 1.44. The molecule has 0 aromatic heterocycles. The predicted octanol–water partition coefficient (Wildman–Crippen LogP) is -0.913. The highest BCUT2D eigenvalue weighted by atomic mass is 16.5. The summed E-state index contributed by atoms with van der Waals surface area (Å²) in [6.07, 6.45) is 2.66. The molecule has 0 spiro atoms. The monoisotopic (exact) mass is 255 g/mol. The van der Waals surface area contributed by atoms with Crippen LogP contribution in [0.5, 0.6) is 0 Å². The number of ether oxygens (including phenoxy) is 1. The van der Waals surface area contributed by atoms with Crippen LogP contribution in [0.4, 0.5) is 0 Å². The van der Waals surface area contributed by atoms with Crippen molar-refractivity contribution in [3.8, 4) is 0 Å². The minimum absolute atomic E-state index is 0.0340. The van der Waals surface area contributed by atoms with Gasteiger partial charge >= 0.3 is 0 Å². The molecule has 3 atom stereocenters. The van der Waals surface area contributed by atoms with Crippen LogP contribution in [-0.4, -0.2) is 55.6 Å². The van der Waals surface area contributed by atoms with Crippen LogP contribution in [0.3, 0.4) is 0 Å². The van der Waals surface area contributed by atoms with Crippen LogP contribution in [0.25, 0.3) is 0 Å². The summed E-state index contributed by atoms with van der Waals surface area (Å²) >= 11 is 0. The largest absolute Gasteiger partial charge is 0.379 e. The molecule has 0 aromatic carbocycles. The molecule has 6 nitrogen and oxygen atoms in total. The molecular formula is C12H21N3O3. The molecule has 18 heavy (non-hydrogen) atoms. The van der Waals surface area contributed by atoms with Gasteiger partial charge in [0.2, 0.25) is 11.8 Å². The molecule has 0 saturated carbocycles. The van der Waals surface area contributed by atoms with E-state index >= 15 is 0 Å². The number of amides is 2. The number of carbonyl (C=O) groups excluding carboxylic acids is 2. The molecule has 0 aliphatic carbocycles. The average Bonchev–Trinajstić information content (AvgIpc) is 2.83. The third-order valence-electron chi connectivity index (χ3n) is 3.78. The van der Waals surface area contributed by atoms with Crippen molar-refractivity contribution in [3.63, 3.8) is 0 Å². The van der Waals surface area contributed by atoms with Crippen LogP contribution in [0.1, 0.15) is 19.3 Å². The first-order chi connectivity index (χ1) is 8.65. The predicted molar refractivity (Wildman–Crippen MR) is 65.7 cm³/mol. The molecule has 2 saturated heterocycles. The Morgan fingerprint density at radius 3 is 2.72 bits per heavy atom. The summed E-state index contributed by atoms with van der Waals surface area (Å²) in [5, 5.41) is 2.63. The fourth-order valence-corrected chi connectivity index (χ4v) is 2.67. The quantitative estimate of drug-likeness (QED) is 0.669. The number of likely N-dealkylation sites (tertiary alicyclic amines) is 1. The maximum Gasteiger partial charge on any atom is 0.242 e. The Kier molecular flexibility index (Phi) is 4.19. The highest BCUT2D eigenvalue weighted by Gasteiger charge is 2.39. The van der Waals surface area contributed by atoms with Crippen LogP contribution >= 0.6 is 0 Å². The van der Waals surface area contributed by atoms with Crippen molar-refractivity contribution in [2.45, 2.75) is 31.3 Å². The molecule has 0 radical (unpaired) electrons. The molecule has 2 amide bonds. The van der Waals surface area contributed by atoms with Crippen molar-refractivity contribution in [2.24, 2.45) is 11.7 Å². The van der Waals surface area contributed by atoms with Crippen LogP contribution in [0.15, 0.2) is 0 Å². The third kappa shape index (κ3) is 2.49. The normalized spacial score (nSPS) is 32.3. The summed E-state index contributed by atoms with van der Waals surface area (Å²) in [6, 6.07) is -0.589. The van der Waals surface area contributed by atoms with E-state index < -0.39 is 0 Å². The van der Waals surface area contributed by atoms with Crippen molar-refractivity contribution in [1.82, 2.24) is 10.2 Å². The molecule has 2 fully saturated rings. The van der Waals surface area contributed by atoms with Crippen molar-refractivity contribution >= 4 is 11.8 Å². The Hall–Kier alpha value is -1.14. The maximum absolute atomic E-state index is 12.4. The number of likely N-dealkylation sites (N-methyl/N-ethyl adjacent to an activating group) is 1. The summed E-state index contributed by atoms with van der Waals surface area (Å²) in [4.78, 5) is 25.9. The minimum atomic E-state index is -0.343. The second-order valence-electron chi connectivity index (χ2n) is 4.97. The molecule has 0 aromatic rings. The van der Waals surface area contributed by atoms with Gasteiger partial charge in [-0.05, 0) is 19.3 Å². The van der Waals surface area contributed by atoms with Gasteiger partial charge < -0.3 is 20.7 Å². The topological polar surface area (TPSA) is 84.7 Å². The van der Waals surface area contributed by atoms with E-state index in [-0.39, 0.29) is 29.8 Å². The molecule has 6 heteroatoms. The van der Waals surface area contributed by atoms with Crippen molar-refractivity contribution < 1.29 is 14.3 Å². The Morgan fingerprint density at radius 1 is 1.33 bits per heavy atom. The Morgan fingerprint density at radius 2 is 2.11 bits per heavy atom. The standard InChI is InChI=1S/C12H21N3O3/c1-14-11(16)10-4-2-3-5-15(10)12(17)8-6-18-7-9(8)13/h8-10H,2-7,13H2,1H3,(H,14,16). The lowest BCUT2D eigenvalue weighted by Gasteiger charge is -2.36. The van der Waals surface area contributed by atoms with Gasteiger partial charge in [0, 0.05) is 19.6 Å². The average molecular weight is 255 g/mol. The number of carbonyl (C=O) groups is 2. The zero-order chi connectivity index (χ0) is 13.1. The molecule has 2 aliphatic heterocycles. The number of nitrogens with zero attached hydrogens (tertiary/aromatic N) is 1. The first-order valence-electron chi connectivity index (χ1n) is 6.50. The molecule has 0 bridgehead atoms. The Bertz CT molecular complexity index is 335. The third-order valence-corrected chi connectivity index (χ3v) is 3.78. The highest BCUT2D eigenvalue weighted by Crippen LogP contribution is 2.22. The smallest absolute Gasteiger partial charge is 0.242 e. The van der Waals surface area contributed by atoms with Crippen molar-refractivity contribution in [3.05, 3.63) is 0 Å². The molecule has 3 unspecified atom stereocenters. The van der Waals surface area contributed by atoms with E-state index in [0.29, 0.717) is 19.8 Å². The zero-order valence-electron chi connectivity index (χ0n) is 10.7. The number of nitrogens with two attached hydrogens (primary N) is 1. The molecular weight excluding hydrogens is 234 g/mol. The number of nitrogens with one attached hydrogen (secondary N) is 1. The Labute approximate surface area is 107 Å². The van der Waals surface area contributed by atoms with E-state index in [2.05, 4.69) is 5.32 Å². The second-order valence-corrected chi connectivity index (χ2v) is 4.97. The van der Waals surface area contributed by atoms with Gasteiger partial charge in [0.05, 0.1) is 19.1 Å². The van der Waals surface area contributed by atoms with Gasteiger partial charge in [-0.1, -0.05) is 0 Å². The van der Waals surface area contributed by atoms with E-state index in [4.69, 9.17) is 10.5 Å². The Balaban J connectivity index is 2.08. The van der Waals surface area contributed by atoms with Crippen molar-refractivity contribution in [2.75, 3.05) is 26.8 Å². The SMILES string of the molecule is CNC(=O)C1CCCCN1C(=O)C1COCC1N. The van der Waals surface area contributed by atoms with Gasteiger partial charge in [0.1, 0.15) is 6.04 Å². The maximum atomic E-state index is 12.4. The molecule has 2 heterocycles. The lowest BCUT2D eigenvalue weighted by Crippen LogP contribution is -2.54. The molecule has 102 valence electrons. The van der Waals surface area contributed by atoms with Crippen LogP contribution in [-0.2, 0) is 14.3 Å². The molecule has 2 rings (SSSR count). The van der Waals surface area contributed by atoms with Gasteiger partial charge in [0.15, 0.2) is 0 Å². The first kappa shape index (κ1) is 13.3. The number of piperidine rings is 1. The van der Waals surface area contributed by atoms with E-state index in [1.807, 2.05) is 0 Å². The summed E-state index contributed by atoms with van der Waals surface area (Å²) in [5.41, 5.74) is 5.87. The summed E-state index contributed by atoms with van der Waals surface area (Å²) in [5.74, 6) is -0.418. The van der Waals surface area contributed by atoms with E-state index in [1.165, 1.54) is 0 Å². The number of rotatable bonds is 2. The van der Waals surface area contributed by atoms with Gasteiger partial charge in [-0.15, -0.1) is 0 Å². The lowest BCUT2D eigenvalue weighted by molar-refractivity contribution is -0.145. The fourth-order valence-electron chi connectivity index (χ4n) is 2.67. The van der Waals surface area contributed by atoms with E-state index in [1.54, 1.807) is 11.9 Å². The van der Waals surface area contributed by atoms with Crippen LogP contribution in [0.2, 0.25) is 0 Å². The zero-order valence-corrected chi connectivity index (χ0v) is 10.7. The second kappa shape index (κ2) is 5.67. The van der Waals surface area contributed by atoms with Crippen LogP contribution in [0, 0.1) is 5.92 Å². The van der Waals surface area contributed by atoms with E-state index in [0.717, 1.165) is 19.3 Å². The minimum Gasteiger partial charge on any atom is -0.379 e. The fraction of sp³-hybridized carbons (Fsp3) is 0.833. The number of hydrogen-bond acceptors (Lipinski definition) is 4. The van der Waals surface area contributed by atoms with Gasteiger partial charge in [-0.25, -0.2) is 0 Å². The van der Waals surface area contributed by atoms with E-state index in [9.17, 15) is 9.59 Å². The van der Waals surface area contributed by atoms with Crippen molar-refractivity contribution in [1.29, 1.82) is 0 Å². The van der Waals surface area contributed by atoms with Gasteiger partial charge in [0.25, 0.3) is 0 Å². The molecule has 2 aliphatic rings. The lowest BCUT2D eigenvalue weighted by atomic mass is 9.96. The highest BCUT2D eigenvalue weighted by molar-refractivity contribution is 5.89. The summed E-state index contributed by atoms with van der Waals surface area (Å²) in [7, 11) is 1.60. The summed E-state index contributed by atoms with van der Waals surface area (Å²) < 4.78 is 5.23. The first-order valence-corrected chi connectivity index (χ1v) is 6.50. The molecule has 3 N–H and O–H groups in total. The van der Waals surface area contributed by atoms with Crippen LogP contribution < -0.4 is 11.1 Å². The number of hydrogen-bond donors (Lipinski definition) is 2.